The van der Waals surface area contributed by atoms with Gasteiger partial charge in [-0.2, -0.15) is 0 Å². The summed E-state index contributed by atoms with van der Waals surface area (Å²) in [6, 6.07) is 64.9. The highest BCUT2D eigenvalue weighted by Crippen LogP contribution is 2.40. The predicted octanol–water partition coefficient (Wildman–Crippen LogP) is 8.42. The summed E-state index contributed by atoms with van der Waals surface area (Å²) in [6.07, 6.45) is 1.46. The third kappa shape index (κ3) is 9.10. The van der Waals surface area contributed by atoms with Crippen LogP contribution < -0.4 is 21.2 Å². The van der Waals surface area contributed by atoms with Gasteiger partial charge in [0.05, 0.1) is 25.4 Å². The van der Waals surface area contributed by atoms with Gasteiger partial charge in [0.2, 0.25) is 0 Å². The molecule has 6 aromatic rings. The highest BCUT2D eigenvalue weighted by Gasteiger charge is 2.31. The van der Waals surface area contributed by atoms with Gasteiger partial charge in [-0.3, -0.25) is 0 Å². The molecule has 0 heterocycles. The van der Waals surface area contributed by atoms with Crippen LogP contribution in [0.4, 0.5) is 0 Å². The largest absolute Gasteiger partial charge is 0.370 e. The Kier molecular flexibility index (Phi) is 11.9. The number of hydrogen-bond donors (Lipinski definition) is 0. The Morgan fingerprint density at radius 2 is 0.565 bits per heavy atom. The number of ether oxygens (including phenoxy) is 2. The molecule has 4 heteroatoms. The van der Waals surface area contributed by atoms with E-state index in [1.54, 1.807) is 0 Å². The molecule has 0 aliphatic carbocycles. The summed E-state index contributed by atoms with van der Waals surface area (Å²) in [5.41, 5.74) is 2.35. The fraction of sp³-hybridized carbons (Fsp3) is 0.143. The van der Waals surface area contributed by atoms with E-state index in [2.05, 4.69) is 182 Å². The first-order valence-corrected chi connectivity index (χ1v) is 19.0. The summed E-state index contributed by atoms with van der Waals surface area (Å²) in [6.45, 7) is 1.08. The summed E-state index contributed by atoms with van der Waals surface area (Å²) >= 11 is 0. The van der Waals surface area contributed by atoms with Gasteiger partial charge < -0.3 is 9.47 Å². The summed E-state index contributed by atoms with van der Waals surface area (Å²) in [5.74, 6) is 0. The van der Waals surface area contributed by atoms with Crippen LogP contribution in [0.15, 0.2) is 182 Å². The Hall–Kier alpha value is -3.90. The molecule has 0 aliphatic heterocycles. The first-order chi connectivity index (χ1) is 22.8. The van der Waals surface area contributed by atoms with Crippen LogP contribution in [0.1, 0.15) is 11.1 Å². The van der Waals surface area contributed by atoms with Crippen LogP contribution in [0.3, 0.4) is 0 Å². The SMILES string of the molecule is c1ccc(CO[C@@H](CP(c2ccccc2)c2ccccc2)[C@H](CP(c2ccccc2)c2ccccc2)OCc2ccccc2)cc1. The van der Waals surface area contributed by atoms with E-state index in [1.165, 1.54) is 32.3 Å². The average Bonchev–Trinajstić information content (AvgIpc) is 3.14. The normalized spacial score (nSPS) is 12.7. The van der Waals surface area contributed by atoms with Gasteiger partial charge in [-0.25, -0.2) is 0 Å². The van der Waals surface area contributed by atoms with Gasteiger partial charge in [0.15, 0.2) is 0 Å². The van der Waals surface area contributed by atoms with Crippen molar-refractivity contribution >= 4 is 37.1 Å². The first kappa shape index (κ1) is 32.1. The molecule has 2 nitrogen and oxygen atoms in total. The van der Waals surface area contributed by atoms with Crippen LogP contribution in [0.2, 0.25) is 0 Å². The second-order valence-corrected chi connectivity index (χ2v) is 15.7. The Morgan fingerprint density at radius 1 is 0.326 bits per heavy atom. The second kappa shape index (κ2) is 17.1. The van der Waals surface area contributed by atoms with Crippen LogP contribution in [0.25, 0.3) is 0 Å². The third-order valence-electron chi connectivity index (χ3n) is 8.02. The molecule has 0 aromatic heterocycles. The van der Waals surface area contributed by atoms with Crippen LogP contribution in [0.5, 0.6) is 0 Å². The molecule has 0 saturated heterocycles. The molecule has 2 atom stereocenters. The molecule has 0 saturated carbocycles. The van der Waals surface area contributed by atoms with E-state index in [4.69, 9.17) is 9.47 Å². The lowest BCUT2D eigenvalue weighted by Crippen LogP contribution is -2.39. The molecule has 46 heavy (non-hydrogen) atoms. The molecular weight excluding hydrogens is 598 g/mol. The Labute approximate surface area is 276 Å². The van der Waals surface area contributed by atoms with Gasteiger partial charge >= 0.3 is 0 Å². The van der Waals surface area contributed by atoms with Crippen molar-refractivity contribution in [3.8, 4) is 0 Å². The van der Waals surface area contributed by atoms with E-state index in [9.17, 15) is 0 Å². The van der Waals surface area contributed by atoms with Crippen LogP contribution in [-0.4, -0.2) is 24.5 Å². The molecule has 6 aromatic carbocycles. The smallest absolute Gasteiger partial charge is 0.0890 e. The van der Waals surface area contributed by atoms with Crippen molar-refractivity contribution in [2.75, 3.05) is 12.3 Å². The molecule has 230 valence electrons. The van der Waals surface area contributed by atoms with E-state index in [0.717, 1.165) is 12.3 Å². The molecule has 0 aliphatic rings. The van der Waals surface area contributed by atoms with E-state index in [0.29, 0.717) is 13.2 Å². The van der Waals surface area contributed by atoms with Crippen molar-refractivity contribution in [1.82, 2.24) is 0 Å². The van der Waals surface area contributed by atoms with Gasteiger partial charge in [-0.15, -0.1) is 0 Å². The van der Waals surface area contributed by atoms with Crippen LogP contribution in [0, 0.1) is 0 Å². The molecular formula is C42H40O2P2. The third-order valence-corrected chi connectivity index (χ3v) is 13.2. The summed E-state index contributed by atoms with van der Waals surface area (Å²) in [4.78, 5) is 0. The van der Waals surface area contributed by atoms with Gasteiger partial charge in [-0.1, -0.05) is 182 Å². The van der Waals surface area contributed by atoms with Crippen molar-refractivity contribution in [2.24, 2.45) is 0 Å². The number of benzene rings is 6. The Balaban J connectivity index is 1.39. The number of rotatable bonds is 15. The summed E-state index contributed by atoms with van der Waals surface area (Å²) < 4.78 is 14.1. The molecule has 0 fully saturated rings. The van der Waals surface area contributed by atoms with Crippen molar-refractivity contribution < 1.29 is 9.47 Å². The van der Waals surface area contributed by atoms with Gasteiger partial charge in [0.25, 0.3) is 0 Å². The fourth-order valence-electron chi connectivity index (χ4n) is 5.62. The minimum atomic E-state index is -0.699. The molecule has 0 N–H and O–H groups in total. The maximum Gasteiger partial charge on any atom is 0.0890 e. The molecule has 0 unspecified atom stereocenters. The van der Waals surface area contributed by atoms with Crippen molar-refractivity contribution in [2.45, 2.75) is 25.4 Å². The van der Waals surface area contributed by atoms with E-state index >= 15 is 0 Å². The molecule has 0 amide bonds. The standard InChI is InChI=1S/C42H40O2P2/c1-7-19-35(20-8-1)31-43-41(33-45(37-23-11-3-12-24-37)38-25-13-4-14-26-38)42(44-32-36-21-9-2-10-22-36)34-46(39-27-15-5-16-28-39)40-29-17-6-18-30-40/h1-30,41-42H,31-34H2/t41-,42-/m0/s1. The van der Waals surface area contributed by atoms with Gasteiger partial charge in [0, 0.05) is 12.3 Å². The van der Waals surface area contributed by atoms with E-state index < -0.39 is 15.8 Å². The molecule has 0 spiro atoms. The highest BCUT2D eigenvalue weighted by molar-refractivity contribution is 7.73. The quantitative estimate of drug-likeness (QED) is 0.105. The lowest BCUT2D eigenvalue weighted by molar-refractivity contribution is -0.0648. The van der Waals surface area contributed by atoms with Gasteiger partial charge in [-0.05, 0) is 48.2 Å². The van der Waals surface area contributed by atoms with Crippen molar-refractivity contribution in [3.63, 3.8) is 0 Å². The lowest BCUT2D eigenvalue weighted by atomic mass is 10.2. The average molecular weight is 639 g/mol. The summed E-state index contributed by atoms with van der Waals surface area (Å²) in [7, 11) is -1.40. The summed E-state index contributed by atoms with van der Waals surface area (Å²) in [5, 5.41) is 5.42. The van der Waals surface area contributed by atoms with E-state index in [-0.39, 0.29) is 12.2 Å². The zero-order chi connectivity index (χ0) is 31.2. The predicted molar refractivity (Wildman–Crippen MR) is 198 cm³/mol. The maximum atomic E-state index is 7.03. The monoisotopic (exact) mass is 638 g/mol. The first-order valence-electron chi connectivity index (χ1n) is 15.9. The minimum Gasteiger partial charge on any atom is -0.370 e. The zero-order valence-electron chi connectivity index (χ0n) is 26.0. The lowest BCUT2D eigenvalue weighted by Gasteiger charge is -2.34. The fourth-order valence-corrected chi connectivity index (χ4v) is 10.6. The maximum absolute atomic E-state index is 7.03. The molecule has 6 rings (SSSR count). The Morgan fingerprint density at radius 3 is 0.826 bits per heavy atom. The van der Waals surface area contributed by atoms with Gasteiger partial charge in [0.1, 0.15) is 0 Å². The van der Waals surface area contributed by atoms with Crippen LogP contribution in [-0.2, 0) is 22.7 Å². The highest BCUT2D eigenvalue weighted by atomic mass is 31.1. The minimum absolute atomic E-state index is 0.132. The molecule has 0 radical (unpaired) electrons. The molecule has 0 bridgehead atoms. The van der Waals surface area contributed by atoms with E-state index in [1.807, 2.05) is 0 Å². The van der Waals surface area contributed by atoms with Crippen LogP contribution >= 0.6 is 15.8 Å². The van der Waals surface area contributed by atoms with Crippen molar-refractivity contribution in [3.05, 3.63) is 193 Å². The van der Waals surface area contributed by atoms with Crippen molar-refractivity contribution in [1.29, 1.82) is 0 Å². The zero-order valence-corrected chi connectivity index (χ0v) is 27.8. The number of hydrogen-bond acceptors (Lipinski definition) is 2. The Bertz CT molecular complexity index is 1480. The topological polar surface area (TPSA) is 18.5 Å². The second-order valence-electron chi connectivity index (χ2n) is 11.2.